The van der Waals surface area contributed by atoms with Crippen LogP contribution in [-0.2, 0) is 4.74 Å². The van der Waals surface area contributed by atoms with Crippen molar-refractivity contribution in [2.24, 2.45) is 0 Å². The summed E-state index contributed by atoms with van der Waals surface area (Å²) in [5, 5.41) is 3.16. The van der Waals surface area contributed by atoms with Crippen molar-refractivity contribution >= 4 is 0 Å². The maximum absolute atomic E-state index is 13.0. The molecule has 2 rings (SSSR count). The van der Waals surface area contributed by atoms with Crippen LogP contribution in [-0.4, -0.2) is 19.7 Å². The third-order valence-corrected chi connectivity index (χ3v) is 2.40. The third kappa shape index (κ3) is 2.73. The van der Waals surface area contributed by atoms with Crippen LogP contribution in [0, 0.1) is 11.6 Å². The Labute approximate surface area is 87.2 Å². The number of ether oxygens (including phenoxy) is 1. The summed E-state index contributed by atoms with van der Waals surface area (Å²) in [6.07, 6.45) is 0.673. The van der Waals surface area contributed by atoms with E-state index in [-0.39, 0.29) is 6.10 Å². The highest BCUT2D eigenvalue weighted by molar-refractivity contribution is 5.20. The second-order valence-electron chi connectivity index (χ2n) is 3.62. The summed E-state index contributed by atoms with van der Waals surface area (Å²) in [7, 11) is 0. The van der Waals surface area contributed by atoms with Crippen molar-refractivity contribution in [3.63, 3.8) is 0 Å². The number of rotatable bonds is 1. The van der Waals surface area contributed by atoms with Gasteiger partial charge in [-0.1, -0.05) is 0 Å². The van der Waals surface area contributed by atoms with Crippen LogP contribution in [0.25, 0.3) is 0 Å². The van der Waals surface area contributed by atoms with E-state index in [1.807, 2.05) is 0 Å². The van der Waals surface area contributed by atoms with Gasteiger partial charge in [0.05, 0.1) is 6.10 Å². The molecule has 1 heterocycles. The molecule has 1 aliphatic rings. The van der Waals surface area contributed by atoms with E-state index in [1.54, 1.807) is 0 Å². The Balaban J connectivity index is 2.19. The van der Waals surface area contributed by atoms with Crippen molar-refractivity contribution in [3.05, 3.63) is 35.4 Å². The van der Waals surface area contributed by atoms with Gasteiger partial charge in [-0.05, 0) is 30.7 Å². The molecule has 1 atom stereocenters. The molecule has 0 radical (unpaired) electrons. The van der Waals surface area contributed by atoms with Gasteiger partial charge in [0.2, 0.25) is 0 Å². The molecular weight excluding hydrogens is 200 g/mol. The largest absolute Gasteiger partial charge is 0.372 e. The van der Waals surface area contributed by atoms with Crippen LogP contribution in [0.2, 0.25) is 0 Å². The van der Waals surface area contributed by atoms with Gasteiger partial charge in [0, 0.05) is 19.2 Å². The van der Waals surface area contributed by atoms with Crippen molar-refractivity contribution in [2.75, 3.05) is 19.7 Å². The van der Waals surface area contributed by atoms with Crippen molar-refractivity contribution < 1.29 is 13.5 Å². The van der Waals surface area contributed by atoms with E-state index in [0.29, 0.717) is 18.7 Å². The van der Waals surface area contributed by atoms with Gasteiger partial charge in [-0.15, -0.1) is 0 Å². The fraction of sp³-hybridized carbons (Fsp3) is 0.455. The normalized spacial score (nSPS) is 22.4. The molecule has 0 aliphatic carbocycles. The molecule has 0 bridgehead atoms. The number of hydrogen-bond acceptors (Lipinski definition) is 2. The average Bonchev–Trinajstić information content (AvgIpc) is 2.43. The molecule has 0 amide bonds. The molecule has 2 nitrogen and oxygen atoms in total. The van der Waals surface area contributed by atoms with Crippen LogP contribution in [0.5, 0.6) is 0 Å². The highest BCUT2D eigenvalue weighted by Crippen LogP contribution is 2.20. The quantitative estimate of drug-likeness (QED) is 0.770. The van der Waals surface area contributed by atoms with Crippen LogP contribution < -0.4 is 5.32 Å². The first-order valence-electron chi connectivity index (χ1n) is 5.04. The molecule has 0 saturated carbocycles. The maximum Gasteiger partial charge on any atom is 0.126 e. The number of nitrogens with one attached hydrogen (secondary N) is 1. The van der Waals surface area contributed by atoms with Crippen LogP contribution in [0.1, 0.15) is 18.1 Å². The van der Waals surface area contributed by atoms with Crippen LogP contribution in [0.3, 0.4) is 0 Å². The molecule has 1 unspecified atom stereocenters. The summed E-state index contributed by atoms with van der Waals surface area (Å²) >= 11 is 0. The van der Waals surface area contributed by atoms with E-state index in [0.717, 1.165) is 19.0 Å². The van der Waals surface area contributed by atoms with Crippen LogP contribution in [0.15, 0.2) is 18.2 Å². The Bertz CT molecular complexity index is 315. The lowest BCUT2D eigenvalue weighted by Crippen LogP contribution is -2.20. The lowest BCUT2D eigenvalue weighted by Gasteiger charge is -2.15. The molecule has 1 fully saturated rings. The molecule has 4 heteroatoms. The third-order valence-electron chi connectivity index (χ3n) is 2.40. The Hall–Kier alpha value is -1.00. The van der Waals surface area contributed by atoms with E-state index in [1.165, 1.54) is 12.1 Å². The Morgan fingerprint density at radius 3 is 2.67 bits per heavy atom. The standard InChI is InChI=1S/C11H13F2NO/c12-9-4-8(5-10(13)6-9)11-7-14-2-1-3-15-11/h4-6,11,14H,1-3,7H2. The first kappa shape index (κ1) is 10.5. The maximum atomic E-state index is 13.0. The predicted octanol–water partition coefficient (Wildman–Crippen LogP) is 2.02. The molecule has 82 valence electrons. The minimum absolute atomic E-state index is 0.252. The SMILES string of the molecule is Fc1cc(F)cc(C2CNCCCO2)c1. The second-order valence-corrected chi connectivity index (χ2v) is 3.62. The summed E-state index contributed by atoms with van der Waals surface area (Å²) in [5.74, 6) is -1.12. The van der Waals surface area contributed by atoms with Crippen molar-refractivity contribution in [1.82, 2.24) is 5.32 Å². The highest BCUT2D eigenvalue weighted by Gasteiger charge is 2.15. The smallest absolute Gasteiger partial charge is 0.126 e. The zero-order chi connectivity index (χ0) is 10.7. The lowest BCUT2D eigenvalue weighted by atomic mass is 10.1. The number of hydrogen-bond donors (Lipinski definition) is 1. The Morgan fingerprint density at radius 1 is 1.20 bits per heavy atom. The molecule has 0 spiro atoms. The van der Waals surface area contributed by atoms with Crippen LogP contribution >= 0.6 is 0 Å². The van der Waals surface area contributed by atoms with Crippen LogP contribution in [0.4, 0.5) is 8.78 Å². The molecule has 15 heavy (non-hydrogen) atoms. The number of halogens is 2. The fourth-order valence-electron chi connectivity index (χ4n) is 1.69. The summed E-state index contributed by atoms with van der Waals surface area (Å²) in [5.41, 5.74) is 0.557. The summed E-state index contributed by atoms with van der Waals surface area (Å²) in [4.78, 5) is 0. The van der Waals surface area contributed by atoms with E-state index in [9.17, 15) is 8.78 Å². The van der Waals surface area contributed by atoms with Crippen molar-refractivity contribution in [3.8, 4) is 0 Å². The highest BCUT2D eigenvalue weighted by atomic mass is 19.1. The number of benzene rings is 1. The first-order chi connectivity index (χ1) is 7.25. The molecule has 1 saturated heterocycles. The van der Waals surface area contributed by atoms with Gasteiger partial charge >= 0.3 is 0 Å². The predicted molar refractivity (Wildman–Crippen MR) is 52.5 cm³/mol. The van der Waals surface area contributed by atoms with Gasteiger partial charge in [-0.3, -0.25) is 0 Å². The van der Waals surface area contributed by atoms with Gasteiger partial charge in [-0.2, -0.15) is 0 Å². The topological polar surface area (TPSA) is 21.3 Å². The van der Waals surface area contributed by atoms with E-state index in [4.69, 9.17) is 4.74 Å². The van der Waals surface area contributed by atoms with E-state index in [2.05, 4.69) is 5.32 Å². The molecule has 1 N–H and O–H groups in total. The van der Waals surface area contributed by atoms with Crippen molar-refractivity contribution in [2.45, 2.75) is 12.5 Å². The van der Waals surface area contributed by atoms with Gasteiger partial charge in [0.15, 0.2) is 0 Å². The average molecular weight is 213 g/mol. The molecule has 1 aromatic rings. The Morgan fingerprint density at radius 2 is 1.93 bits per heavy atom. The lowest BCUT2D eigenvalue weighted by molar-refractivity contribution is 0.0664. The molecular formula is C11H13F2NO. The summed E-state index contributed by atoms with van der Waals surface area (Å²) < 4.78 is 31.4. The minimum Gasteiger partial charge on any atom is -0.372 e. The summed E-state index contributed by atoms with van der Waals surface area (Å²) in [6, 6.07) is 3.51. The molecule has 1 aliphatic heterocycles. The summed E-state index contributed by atoms with van der Waals surface area (Å²) in [6.45, 7) is 2.10. The van der Waals surface area contributed by atoms with Gasteiger partial charge in [0.25, 0.3) is 0 Å². The van der Waals surface area contributed by atoms with Crippen molar-refractivity contribution in [1.29, 1.82) is 0 Å². The van der Waals surface area contributed by atoms with E-state index >= 15 is 0 Å². The molecule has 1 aromatic carbocycles. The zero-order valence-electron chi connectivity index (χ0n) is 8.30. The first-order valence-corrected chi connectivity index (χ1v) is 5.04. The van der Waals surface area contributed by atoms with Gasteiger partial charge < -0.3 is 10.1 Å². The van der Waals surface area contributed by atoms with E-state index < -0.39 is 11.6 Å². The molecule has 0 aromatic heterocycles. The zero-order valence-corrected chi connectivity index (χ0v) is 8.30. The van der Waals surface area contributed by atoms with Gasteiger partial charge in [-0.25, -0.2) is 8.78 Å². The second kappa shape index (κ2) is 4.68. The Kier molecular flexibility index (Phi) is 3.28. The monoisotopic (exact) mass is 213 g/mol. The van der Waals surface area contributed by atoms with Gasteiger partial charge in [0.1, 0.15) is 11.6 Å². The fourth-order valence-corrected chi connectivity index (χ4v) is 1.69. The minimum atomic E-state index is -0.558.